The van der Waals surface area contributed by atoms with Crippen LogP contribution >= 0.6 is 0 Å². The molecule has 0 bridgehead atoms. The molecule has 2 saturated heterocycles. The third-order valence-electron chi connectivity index (χ3n) is 10.9. The highest BCUT2D eigenvalue weighted by atomic mass is 16.7. The molecule has 0 N–H and O–H groups in total. The number of ether oxygens (including phenoxy) is 4. The molecule has 7 rings (SSSR count). The fraction of sp³-hybridized carbons (Fsp3) is 1.00. The van der Waals surface area contributed by atoms with E-state index < -0.39 is 0 Å². The summed E-state index contributed by atoms with van der Waals surface area (Å²) in [5.74, 6) is 2.17. The van der Waals surface area contributed by atoms with Gasteiger partial charge in [0.2, 0.25) is 0 Å². The molecule has 0 aromatic rings. The molecule has 0 radical (unpaired) electrons. The topological polar surface area (TPSA) is 36.9 Å². The van der Waals surface area contributed by atoms with Gasteiger partial charge in [-0.25, -0.2) is 0 Å². The van der Waals surface area contributed by atoms with Crippen LogP contribution in [0.2, 0.25) is 0 Å². The minimum Gasteiger partial charge on any atom is -0.348 e. The van der Waals surface area contributed by atoms with Crippen molar-refractivity contribution in [3.8, 4) is 0 Å². The number of hydrogen-bond donors (Lipinski definition) is 0. The highest BCUT2D eigenvalue weighted by molar-refractivity contribution is 5.26. The van der Waals surface area contributed by atoms with E-state index in [9.17, 15) is 0 Å². The molecule has 5 aliphatic carbocycles. The molecule has 4 nitrogen and oxygen atoms in total. The van der Waals surface area contributed by atoms with Gasteiger partial charge in [-0.2, -0.15) is 0 Å². The summed E-state index contributed by atoms with van der Waals surface area (Å²) >= 11 is 0. The standard InChI is InChI=1S/C23H34O4/c1-19-5-3-18-16(17(19)4-7-23(19)26-12-13-27-23)2-6-20-14-21(18,20)8-9-22(15-20)24-10-11-25-22/h16-18H,2-15H2,1H3/t16-,17-,18-,19-,20?,21?/m0/s1. The van der Waals surface area contributed by atoms with Crippen LogP contribution < -0.4 is 0 Å². The van der Waals surface area contributed by atoms with Crippen molar-refractivity contribution in [2.24, 2.45) is 34.0 Å². The molecule has 7 aliphatic rings. The second-order valence-corrected chi connectivity index (χ2v) is 11.3. The van der Waals surface area contributed by atoms with Crippen LogP contribution in [0.1, 0.15) is 71.1 Å². The van der Waals surface area contributed by atoms with Crippen molar-refractivity contribution in [3.63, 3.8) is 0 Å². The van der Waals surface area contributed by atoms with Crippen molar-refractivity contribution in [1.29, 1.82) is 0 Å². The maximum Gasteiger partial charge on any atom is 0.174 e. The third-order valence-corrected chi connectivity index (χ3v) is 10.9. The molecule has 2 unspecified atom stereocenters. The Bertz CT molecular complexity index is 665. The molecule has 150 valence electrons. The van der Waals surface area contributed by atoms with Gasteiger partial charge in [-0.3, -0.25) is 0 Å². The van der Waals surface area contributed by atoms with E-state index >= 15 is 0 Å². The lowest BCUT2D eigenvalue weighted by Crippen LogP contribution is -2.55. The zero-order valence-corrected chi connectivity index (χ0v) is 16.8. The van der Waals surface area contributed by atoms with Gasteiger partial charge < -0.3 is 18.9 Å². The molecule has 5 saturated carbocycles. The molecule has 0 aromatic carbocycles. The first-order chi connectivity index (χ1) is 13.1. The molecule has 2 heterocycles. The first-order valence-corrected chi connectivity index (χ1v) is 11.6. The summed E-state index contributed by atoms with van der Waals surface area (Å²) in [6, 6.07) is 0. The van der Waals surface area contributed by atoms with Crippen molar-refractivity contribution < 1.29 is 18.9 Å². The molecule has 4 heteroatoms. The fourth-order valence-electron chi connectivity index (χ4n) is 9.75. The smallest absolute Gasteiger partial charge is 0.174 e. The van der Waals surface area contributed by atoms with Crippen LogP contribution in [0.5, 0.6) is 0 Å². The maximum atomic E-state index is 6.30. The Morgan fingerprint density at radius 1 is 0.667 bits per heavy atom. The summed E-state index contributed by atoms with van der Waals surface area (Å²) in [6.45, 7) is 5.71. The van der Waals surface area contributed by atoms with Gasteiger partial charge in [0.1, 0.15) is 0 Å². The second kappa shape index (κ2) is 4.94. The number of fused-ring (bicyclic) bond motifs is 4. The average molecular weight is 375 g/mol. The van der Waals surface area contributed by atoms with E-state index in [1.807, 2.05) is 0 Å². The molecular weight excluding hydrogens is 340 g/mol. The third kappa shape index (κ3) is 1.78. The molecule has 7 fully saturated rings. The van der Waals surface area contributed by atoms with Crippen molar-refractivity contribution in [2.75, 3.05) is 26.4 Å². The first-order valence-electron chi connectivity index (χ1n) is 11.6. The van der Waals surface area contributed by atoms with Crippen molar-refractivity contribution in [3.05, 3.63) is 0 Å². The molecule has 27 heavy (non-hydrogen) atoms. The molecule has 0 aromatic heterocycles. The Balaban J connectivity index is 1.19. The van der Waals surface area contributed by atoms with E-state index in [0.29, 0.717) is 10.8 Å². The normalized spacial score (nSPS) is 56.6. The lowest BCUT2D eigenvalue weighted by molar-refractivity contribution is -0.248. The van der Waals surface area contributed by atoms with Crippen LogP contribution in [0.15, 0.2) is 0 Å². The Kier molecular flexibility index (Phi) is 3.04. The Morgan fingerprint density at radius 2 is 1.41 bits per heavy atom. The lowest BCUT2D eigenvalue weighted by Gasteiger charge is -2.57. The number of hydrogen-bond acceptors (Lipinski definition) is 4. The lowest BCUT2D eigenvalue weighted by atomic mass is 9.49. The summed E-state index contributed by atoms with van der Waals surface area (Å²) < 4.78 is 24.9. The molecule has 0 amide bonds. The highest BCUT2D eigenvalue weighted by Gasteiger charge is 2.79. The Labute approximate surface area is 162 Å². The van der Waals surface area contributed by atoms with E-state index in [1.54, 1.807) is 0 Å². The predicted molar refractivity (Wildman–Crippen MR) is 98.9 cm³/mol. The average Bonchev–Trinajstić information content (AvgIpc) is 3.04. The summed E-state index contributed by atoms with van der Waals surface area (Å²) in [5.41, 5.74) is 1.40. The van der Waals surface area contributed by atoms with Gasteiger partial charge in [0.15, 0.2) is 11.6 Å². The van der Waals surface area contributed by atoms with E-state index in [4.69, 9.17) is 18.9 Å². The molecule has 6 atom stereocenters. The van der Waals surface area contributed by atoms with Gasteiger partial charge in [-0.05, 0) is 73.5 Å². The van der Waals surface area contributed by atoms with Gasteiger partial charge >= 0.3 is 0 Å². The summed E-state index contributed by atoms with van der Waals surface area (Å²) in [4.78, 5) is 0. The Hall–Kier alpha value is -0.160. The van der Waals surface area contributed by atoms with Crippen molar-refractivity contribution in [2.45, 2.75) is 82.7 Å². The van der Waals surface area contributed by atoms with Crippen LogP contribution in [0.25, 0.3) is 0 Å². The first kappa shape index (κ1) is 16.6. The number of rotatable bonds is 0. The van der Waals surface area contributed by atoms with Gasteiger partial charge in [-0.1, -0.05) is 6.92 Å². The summed E-state index contributed by atoms with van der Waals surface area (Å²) in [6.07, 6.45) is 13.1. The van der Waals surface area contributed by atoms with Gasteiger partial charge in [0, 0.05) is 24.7 Å². The van der Waals surface area contributed by atoms with Crippen molar-refractivity contribution in [1.82, 2.24) is 0 Å². The van der Waals surface area contributed by atoms with Crippen LogP contribution in [0.3, 0.4) is 0 Å². The fourth-order valence-corrected chi connectivity index (χ4v) is 9.75. The van der Waals surface area contributed by atoms with Crippen LogP contribution in [-0.4, -0.2) is 38.0 Å². The minimum absolute atomic E-state index is 0.209. The van der Waals surface area contributed by atoms with Crippen LogP contribution in [0.4, 0.5) is 0 Å². The van der Waals surface area contributed by atoms with Gasteiger partial charge in [0.05, 0.1) is 26.4 Å². The molecule has 2 aliphatic heterocycles. The zero-order chi connectivity index (χ0) is 18.0. The molecule has 2 spiro atoms. The quantitative estimate of drug-likeness (QED) is 0.634. The second-order valence-electron chi connectivity index (χ2n) is 11.3. The van der Waals surface area contributed by atoms with Crippen LogP contribution in [0, 0.1) is 34.0 Å². The SMILES string of the molecule is C[C@]12CC[C@H]3[C@@H](CCC45CC6(CCC34C5)OCCO6)[C@@H]1CCC21OCCO1. The summed E-state index contributed by atoms with van der Waals surface area (Å²) in [7, 11) is 0. The minimum atomic E-state index is -0.249. The Morgan fingerprint density at radius 3 is 2.22 bits per heavy atom. The van der Waals surface area contributed by atoms with E-state index in [0.717, 1.165) is 57.0 Å². The summed E-state index contributed by atoms with van der Waals surface area (Å²) in [5, 5.41) is 0. The van der Waals surface area contributed by atoms with Crippen LogP contribution in [-0.2, 0) is 18.9 Å². The predicted octanol–water partition coefficient (Wildman–Crippen LogP) is 4.27. The monoisotopic (exact) mass is 374 g/mol. The maximum absolute atomic E-state index is 6.30. The largest absolute Gasteiger partial charge is 0.348 e. The van der Waals surface area contributed by atoms with Gasteiger partial charge in [0.25, 0.3) is 0 Å². The van der Waals surface area contributed by atoms with E-state index in [-0.39, 0.29) is 17.0 Å². The van der Waals surface area contributed by atoms with Crippen molar-refractivity contribution >= 4 is 0 Å². The van der Waals surface area contributed by atoms with E-state index in [2.05, 4.69) is 6.92 Å². The van der Waals surface area contributed by atoms with E-state index in [1.165, 1.54) is 51.4 Å². The molecular formula is C23H34O4. The highest BCUT2D eigenvalue weighted by Crippen LogP contribution is 2.84. The van der Waals surface area contributed by atoms with Gasteiger partial charge in [-0.15, -0.1) is 0 Å². The zero-order valence-electron chi connectivity index (χ0n) is 16.8.